The van der Waals surface area contributed by atoms with Crippen LogP contribution < -0.4 is 20.7 Å². The van der Waals surface area contributed by atoms with E-state index in [1.54, 1.807) is 31.6 Å². The minimum absolute atomic E-state index is 0.277. The van der Waals surface area contributed by atoms with Crippen LogP contribution in [0.15, 0.2) is 48.8 Å². The normalized spacial score (nSPS) is 15.5. The Bertz CT molecular complexity index is 1070. The Morgan fingerprint density at radius 1 is 1.23 bits per heavy atom. The molecule has 9 heteroatoms. The van der Waals surface area contributed by atoms with Gasteiger partial charge in [0.1, 0.15) is 11.4 Å². The fraction of sp³-hybridized carbons (Fsp3) is 0.318. The number of anilines is 3. The number of nitrogens with zero attached hydrogens (tertiary/aromatic N) is 4. The van der Waals surface area contributed by atoms with E-state index in [9.17, 15) is 9.18 Å². The molecule has 0 bridgehead atoms. The number of piperidine rings is 1. The number of nitrogens with one attached hydrogen (secondary N) is 1. The molecule has 1 aliphatic rings. The molecule has 2 aromatic heterocycles. The molecule has 1 aliphatic heterocycles. The molecule has 31 heavy (non-hydrogen) atoms. The summed E-state index contributed by atoms with van der Waals surface area (Å²) in [7, 11) is 1.60. The van der Waals surface area contributed by atoms with Gasteiger partial charge >= 0.3 is 0 Å². The van der Waals surface area contributed by atoms with Crippen LogP contribution in [0.1, 0.15) is 30.1 Å². The maximum absolute atomic E-state index is 13.2. The van der Waals surface area contributed by atoms with Gasteiger partial charge in [-0.15, -0.1) is 0 Å². The van der Waals surface area contributed by atoms with Crippen molar-refractivity contribution in [3.8, 4) is 5.88 Å². The second-order valence-electron chi connectivity index (χ2n) is 7.87. The molecule has 0 radical (unpaired) electrons. The standard InChI is InChI=1S/C22H25FN6O2/c1-22(8-11-28(12-9-22)17-7-10-25-19(13-17)31-2)29-14-18(20(24)30)21(27-29)26-16-5-3-15(23)4-6-16/h3-7,10,13-14H,8-9,11-12H2,1-2H3,(H2,24,30)(H,26,27). The molecule has 1 fully saturated rings. The van der Waals surface area contributed by atoms with Gasteiger partial charge in [0, 0.05) is 42.9 Å². The molecule has 3 aromatic rings. The summed E-state index contributed by atoms with van der Waals surface area (Å²) >= 11 is 0. The predicted octanol–water partition coefficient (Wildman–Crippen LogP) is 3.28. The average molecular weight is 424 g/mol. The fourth-order valence-corrected chi connectivity index (χ4v) is 3.78. The number of aromatic nitrogens is 3. The number of nitrogens with two attached hydrogens (primary N) is 1. The van der Waals surface area contributed by atoms with Gasteiger partial charge in [0.25, 0.3) is 5.91 Å². The Labute approximate surface area is 179 Å². The molecule has 1 saturated heterocycles. The molecule has 1 aromatic carbocycles. The number of primary amides is 1. The number of methoxy groups -OCH3 is 1. The van der Waals surface area contributed by atoms with E-state index < -0.39 is 5.91 Å². The highest BCUT2D eigenvalue weighted by Gasteiger charge is 2.34. The summed E-state index contributed by atoms with van der Waals surface area (Å²) in [5.74, 6) is 0.0419. The third kappa shape index (κ3) is 4.30. The number of carbonyl (C=O) groups excluding carboxylic acids is 1. The second-order valence-corrected chi connectivity index (χ2v) is 7.87. The highest BCUT2D eigenvalue weighted by atomic mass is 19.1. The van der Waals surface area contributed by atoms with Crippen LogP contribution >= 0.6 is 0 Å². The van der Waals surface area contributed by atoms with E-state index in [0.29, 0.717) is 22.9 Å². The molecule has 3 heterocycles. The maximum atomic E-state index is 13.2. The van der Waals surface area contributed by atoms with E-state index in [2.05, 4.69) is 27.2 Å². The van der Waals surface area contributed by atoms with Crippen molar-refractivity contribution in [1.29, 1.82) is 0 Å². The summed E-state index contributed by atoms with van der Waals surface area (Å²) < 4.78 is 20.2. The molecule has 0 unspecified atom stereocenters. The van der Waals surface area contributed by atoms with Crippen LogP contribution in [0.25, 0.3) is 0 Å². The van der Waals surface area contributed by atoms with Crippen LogP contribution in [0.3, 0.4) is 0 Å². The Morgan fingerprint density at radius 2 is 1.94 bits per heavy atom. The van der Waals surface area contributed by atoms with Crippen molar-refractivity contribution in [2.75, 3.05) is 30.4 Å². The number of carbonyl (C=O) groups is 1. The van der Waals surface area contributed by atoms with Gasteiger partial charge in [0.2, 0.25) is 5.88 Å². The van der Waals surface area contributed by atoms with Crippen LogP contribution in [-0.2, 0) is 5.54 Å². The van der Waals surface area contributed by atoms with Gasteiger partial charge < -0.3 is 20.7 Å². The number of hydrogen-bond donors (Lipinski definition) is 2. The van der Waals surface area contributed by atoms with Crippen LogP contribution in [0.5, 0.6) is 5.88 Å². The summed E-state index contributed by atoms with van der Waals surface area (Å²) in [5, 5.41) is 7.71. The number of halogens is 1. The summed E-state index contributed by atoms with van der Waals surface area (Å²) in [6, 6.07) is 9.74. The fourth-order valence-electron chi connectivity index (χ4n) is 3.78. The molecular formula is C22H25FN6O2. The van der Waals surface area contributed by atoms with Crippen molar-refractivity contribution < 1.29 is 13.9 Å². The summed E-state index contributed by atoms with van der Waals surface area (Å²) in [6.07, 6.45) is 5.09. The topological polar surface area (TPSA) is 98.3 Å². The first-order valence-electron chi connectivity index (χ1n) is 10.1. The van der Waals surface area contributed by atoms with E-state index in [0.717, 1.165) is 31.6 Å². The number of pyridine rings is 1. The Hall–Kier alpha value is -3.62. The average Bonchev–Trinajstić information content (AvgIpc) is 3.21. The SMILES string of the molecule is COc1cc(N2CCC(C)(n3cc(C(N)=O)c(Nc4ccc(F)cc4)n3)CC2)ccn1. The van der Waals surface area contributed by atoms with Crippen molar-refractivity contribution in [1.82, 2.24) is 14.8 Å². The van der Waals surface area contributed by atoms with Gasteiger partial charge in [-0.25, -0.2) is 9.37 Å². The van der Waals surface area contributed by atoms with E-state index >= 15 is 0 Å². The molecular weight excluding hydrogens is 399 g/mol. The van der Waals surface area contributed by atoms with Crippen molar-refractivity contribution in [2.45, 2.75) is 25.3 Å². The lowest BCUT2D eigenvalue weighted by atomic mass is 9.89. The van der Waals surface area contributed by atoms with Crippen LogP contribution in [0, 0.1) is 5.82 Å². The molecule has 8 nitrogen and oxygen atoms in total. The predicted molar refractivity (Wildman–Crippen MR) is 116 cm³/mol. The molecule has 4 rings (SSSR count). The lowest BCUT2D eigenvalue weighted by molar-refractivity contribution is 0.100. The molecule has 0 atom stereocenters. The third-order valence-electron chi connectivity index (χ3n) is 5.77. The zero-order valence-corrected chi connectivity index (χ0v) is 17.5. The summed E-state index contributed by atoms with van der Waals surface area (Å²) in [5.41, 5.74) is 7.29. The molecule has 3 N–H and O–H groups in total. The van der Waals surface area contributed by atoms with E-state index in [-0.39, 0.29) is 11.4 Å². The number of benzene rings is 1. The summed E-state index contributed by atoms with van der Waals surface area (Å²) in [6.45, 7) is 3.75. The highest BCUT2D eigenvalue weighted by Crippen LogP contribution is 2.34. The van der Waals surface area contributed by atoms with Crippen molar-refractivity contribution in [3.63, 3.8) is 0 Å². The zero-order valence-electron chi connectivity index (χ0n) is 17.5. The molecule has 0 aliphatic carbocycles. The maximum Gasteiger partial charge on any atom is 0.254 e. The number of hydrogen-bond acceptors (Lipinski definition) is 6. The third-order valence-corrected chi connectivity index (χ3v) is 5.77. The van der Waals surface area contributed by atoms with Crippen LogP contribution in [0.4, 0.5) is 21.6 Å². The Morgan fingerprint density at radius 3 is 2.58 bits per heavy atom. The van der Waals surface area contributed by atoms with E-state index in [1.807, 2.05) is 16.8 Å². The lowest BCUT2D eigenvalue weighted by Gasteiger charge is -2.40. The second kappa shape index (κ2) is 8.25. The largest absolute Gasteiger partial charge is 0.481 e. The minimum Gasteiger partial charge on any atom is -0.481 e. The molecule has 162 valence electrons. The van der Waals surface area contributed by atoms with Gasteiger partial charge in [-0.3, -0.25) is 9.48 Å². The Balaban J connectivity index is 1.53. The first-order chi connectivity index (χ1) is 14.9. The van der Waals surface area contributed by atoms with Gasteiger partial charge in [-0.1, -0.05) is 0 Å². The molecule has 0 spiro atoms. The first kappa shape index (κ1) is 20.6. The minimum atomic E-state index is -0.569. The molecule has 0 saturated carbocycles. The lowest BCUT2D eigenvalue weighted by Crippen LogP contribution is -2.44. The van der Waals surface area contributed by atoms with Gasteiger partial charge in [-0.2, -0.15) is 5.10 Å². The van der Waals surface area contributed by atoms with Crippen molar-refractivity contribution in [2.24, 2.45) is 5.73 Å². The van der Waals surface area contributed by atoms with Crippen LogP contribution in [-0.4, -0.2) is 40.9 Å². The van der Waals surface area contributed by atoms with E-state index in [4.69, 9.17) is 10.5 Å². The van der Waals surface area contributed by atoms with Crippen molar-refractivity contribution in [3.05, 3.63) is 60.2 Å². The Kier molecular flexibility index (Phi) is 5.50. The number of amides is 1. The quantitative estimate of drug-likeness (QED) is 0.630. The van der Waals surface area contributed by atoms with Gasteiger partial charge in [0.15, 0.2) is 5.82 Å². The van der Waals surface area contributed by atoms with Gasteiger partial charge in [0.05, 0.1) is 12.6 Å². The molecule has 1 amide bonds. The van der Waals surface area contributed by atoms with E-state index in [1.165, 1.54) is 12.1 Å². The smallest absolute Gasteiger partial charge is 0.254 e. The van der Waals surface area contributed by atoms with Crippen molar-refractivity contribution >= 4 is 23.1 Å². The first-order valence-corrected chi connectivity index (χ1v) is 10.1. The monoisotopic (exact) mass is 424 g/mol. The zero-order chi connectivity index (χ0) is 22.0. The summed E-state index contributed by atoms with van der Waals surface area (Å²) in [4.78, 5) is 18.4. The highest BCUT2D eigenvalue weighted by molar-refractivity contribution is 5.98. The van der Waals surface area contributed by atoms with Crippen LogP contribution in [0.2, 0.25) is 0 Å². The number of ether oxygens (including phenoxy) is 1. The van der Waals surface area contributed by atoms with Gasteiger partial charge in [-0.05, 0) is 50.1 Å². The number of rotatable bonds is 6.